The Kier molecular flexibility index (Phi) is 4.11. The molecule has 0 saturated carbocycles. The number of nitriles is 1. The molecule has 0 aliphatic rings. The first-order valence-corrected chi connectivity index (χ1v) is 5.96. The molecule has 7 nitrogen and oxygen atoms in total. The van der Waals surface area contributed by atoms with Crippen LogP contribution in [-0.2, 0) is 0 Å². The molecule has 0 fully saturated rings. The van der Waals surface area contributed by atoms with Crippen LogP contribution >= 0.6 is 11.6 Å². The van der Waals surface area contributed by atoms with E-state index in [9.17, 15) is 9.59 Å². The number of anilines is 1. The van der Waals surface area contributed by atoms with Gasteiger partial charge in [-0.3, -0.25) is 4.79 Å². The van der Waals surface area contributed by atoms with Gasteiger partial charge in [-0.15, -0.1) is 0 Å². The summed E-state index contributed by atoms with van der Waals surface area (Å²) in [6.45, 7) is 0. The second-order valence-corrected chi connectivity index (χ2v) is 4.25. The number of rotatable bonds is 3. The van der Waals surface area contributed by atoms with E-state index in [1.807, 2.05) is 6.07 Å². The zero-order valence-corrected chi connectivity index (χ0v) is 11.1. The molecule has 0 bridgehead atoms. The number of carbonyl (C=O) groups excluding carboxylic acids is 1. The van der Waals surface area contributed by atoms with Gasteiger partial charge in [0, 0.05) is 17.4 Å². The van der Waals surface area contributed by atoms with Gasteiger partial charge in [-0.2, -0.15) is 5.26 Å². The fourth-order valence-electron chi connectivity index (χ4n) is 1.56. The standard InChI is InChI=1S/C13H7ClN4O3/c14-8-1-2-9(7(5-8)6-15)18-12(19)10-11(13(20)21)17-4-3-16-10/h1-5H,(H,18,19)(H,20,21). The van der Waals surface area contributed by atoms with Crippen molar-refractivity contribution in [2.24, 2.45) is 0 Å². The number of carboxylic acids is 1. The molecule has 8 heteroatoms. The molecular weight excluding hydrogens is 296 g/mol. The molecule has 2 aromatic rings. The van der Waals surface area contributed by atoms with Crippen molar-refractivity contribution in [1.29, 1.82) is 5.26 Å². The van der Waals surface area contributed by atoms with Gasteiger partial charge in [0.2, 0.25) is 0 Å². The monoisotopic (exact) mass is 302 g/mol. The quantitative estimate of drug-likeness (QED) is 0.895. The van der Waals surface area contributed by atoms with Gasteiger partial charge in [-0.1, -0.05) is 11.6 Å². The van der Waals surface area contributed by atoms with Crippen LogP contribution in [0.5, 0.6) is 0 Å². The zero-order valence-electron chi connectivity index (χ0n) is 10.4. The van der Waals surface area contributed by atoms with Crippen LogP contribution in [0.1, 0.15) is 26.5 Å². The minimum absolute atomic E-state index is 0.150. The van der Waals surface area contributed by atoms with Crippen LogP contribution in [0.25, 0.3) is 0 Å². The van der Waals surface area contributed by atoms with Gasteiger partial charge < -0.3 is 10.4 Å². The minimum atomic E-state index is -1.37. The molecular formula is C13H7ClN4O3. The van der Waals surface area contributed by atoms with Gasteiger partial charge in [0.25, 0.3) is 5.91 Å². The molecule has 1 aromatic carbocycles. The number of hydrogen-bond donors (Lipinski definition) is 2. The topological polar surface area (TPSA) is 116 Å². The van der Waals surface area contributed by atoms with Crippen molar-refractivity contribution in [3.8, 4) is 6.07 Å². The largest absolute Gasteiger partial charge is 0.476 e. The van der Waals surface area contributed by atoms with Crippen LogP contribution in [0.2, 0.25) is 5.02 Å². The third-order valence-corrected chi connectivity index (χ3v) is 2.70. The summed E-state index contributed by atoms with van der Waals surface area (Å²) in [5, 5.41) is 20.7. The maximum Gasteiger partial charge on any atom is 0.356 e. The van der Waals surface area contributed by atoms with Gasteiger partial charge in [0.05, 0.1) is 11.3 Å². The van der Waals surface area contributed by atoms with E-state index in [0.29, 0.717) is 5.02 Å². The van der Waals surface area contributed by atoms with Crippen LogP contribution in [-0.4, -0.2) is 27.0 Å². The fraction of sp³-hybridized carbons (Fsp3) is 0. The summed E-state index contributed by atoms with van der Waals surface area (Å²) < 4.78 is 0. The number of aromatic nitrogens is 2. The lowest BCUT2D eigenvalue weighted by Crippen LogP contribution is -2.19. The lowest BCUT2D eigenvalue weighted by Gasteiger charge is -2.08. The smallest absolute Gasteiger partial charge is 0.356 e. The third-order valence-electron chi connectivity index (χ3n) is 2.47. The normalized spacial score (nSPS) is 9.71. The molecule has 0 aliphatic carbocycles. The number of carboxylic acid groups (broad SMARTS) is 1. The molecule has 1 heterocycles. The summed E-state index contributed by atoms with van der Waals surface area (Å²) in [4.78, 5) is 30.4. The lowest BCUT2D eigenvalue weighted by atomic mass is 10.2. The molecule has 0 radical (unpaired) electrons. The summed E-state index contributed by atoms with van der Waals surface area (Å²) in [7, 11) is 0. The van der Waals surface area contributed by atoms with Crippen molar-refractivity contribution in [3.05, 3.63) is 52.6 Å². The predicted octanol–water partition coefficient (Wildman–Crippen LogP) is 1.95. The Morgan fingerprint density at radius 3 is 2.52 bits per heavy atom. The van der Waals surface area contributed by atoms with E-state index < -0.39 is 17.6 Å². The van der Waals surface area contributed by atoms with Gasteiger partial charge in [-0.25, -0.2) is 14.8 Å². The molecule has 104 valence electrons. The van der Waals surface area contributed by atoms with E-state index in [2.05, 4.69) is 15.3 Å². The predicted molar refractivity (Wildman–Crippen MR) is 73.1 cm³/mol. The average molecular weight is 303 g/mol. The van der Waals surface area contributed by atoms with Crippen molar-refractivity contribution in [2.45, 2.75) is 0 Å². The molecule has 0 unspecified atom stereocenters. The number of amides is 1. The number of carbonyl (C=O) groups is 2. The van der Waals surface area contributed by atoms with Crippen LogP contribution in [0.4, 0.5) is 5.69 Å². The molecule has 0 aliphatic heterocycles. The number of nitrogens with zero attached hydrogens (tertiary/aromatic N) is 3. The van der Waals surface area contributed by atoms with Crippen LogP contribution in [0.15, 0.2) is 30.6 Å². The third kappa shape index (κ3) is 3.13. The number of halogens is 1. The Hall–Kier alpha value is -2.98. The molecule has 1 aromatic heterocycles. The SMILES string of the molecule is N#Cc1cc(Cl)ccc1NC(=O)c1nccnc1C(=O)O. The molecule has 1 amide bonds. The van der Waals surface area contributed by atoms with Crippen molar-refractivity contribution in [1.82, 2.24) is 9.97 Å². The highest BCUT2D eigenvalue weighted by Gasteiger charge is 2.20. The fourth-order valence-corrected chi connectivity index (χ4v) is 1.73. The highest BCUT2D eigenvalue weighted by Crippen LogP contribution is 2.20. The van der Waals surface area contributed by atoms with E-state index in [0.717, 1.165) is 0 Å². The van der Waals surface area contributed by atoms with Crippen LogP contribution in [0.3, 0.4) is 0 Å². The first-order chi connectivity index (χ1) is 10.0. The Balaban J connectivity index is 2.36. The molecule has 21 heavy (non-hydrogen) atoms. The molecule has 0 atom stereocenters. The molecule has 0 saturated heterocycles. The average Bonchev–Trinajstić information content (AvgIpc) is 2.48. The first-order valence-electron chi connectivity index (χ1n) is 5.58. The maximum absolute atomic E-state index is 12.1. The number of aromatic carboxylic acids is 1. The van der Waals surface area contributed by atoms with Gasteiger partial charge >= 0.3 is 5.97 Å². The molecule has 0 spiro atoms. The maximum atomic E-state index is 12.1. The van der Waals surface area contributed by atoms with Gasteiger partial charge in [0.15, 0.2) is 11.4 Å². The summed E-state index contributed by atoms with van der Waals surface area (Å²) in [6.07, 6.45) is 2.37. The van der Waals surface area contributed by atoms with Crippen LogP contribution in [0, 0.1) is 11.3 Å². The van der Waals surface area contributed by atoms with E-state index in [4.69, 9.17) is 22.0 Å². The van der Waals surface area contributed by atoms with E-state index in [-0.39, 0.29) is 16.9 Å². The van der Waals surface area contributed by atoms with Crippen molar-refractivity contribution < 1.29 is 14.7 Å². The Morgan fingerprint density at radius 1 is 1.24 bits per heavy atom. The second kappa shape index (κ2) is 5.98. The number of nitrogens with one attached hydrogen (secondary N) is 1. The van der Waals surface area contributed by atoms with E-state index >= 15 is 0 Å². The lowest BCUT2D eigenvalue weighted by molar-refractivity contribution is 0.0685. The summed E-state index contributed by atoms with van der Waals surface area (Å²) in [6, 6.07) is 6.19. The van der Waals surface area contributed by atoms with Gasteiger partial charge in [-0.05, 0) is 18.2 Å². The highest BCUT2D eigenvalue weighted by molar-refractivity contribution is 6.30. The second-order valence-electron chi connectivity index (χ2n) is 3.81. The Morgan fingerprint density at radius 2 is 1.90 bits per heavy atom. The zero-order chi connectivity index (χ0) is 15.4. The minimum Gasteiger partial charge on any atom is -0.476 e. The highest BCUT2D eigenvalue weighted by atomic mass is 35.5. The van der Waals surface area contributed by atoms with E-state index in [1.165, 1.54) is 30.6 Å². The van der Waals surface area contributed by atoms with Crippen molar-refractivity contribution in [3.63, 3.8) is 0 Å². The molecule has 2 N–H and O–H groups in total. The Bertz CT molecular complexity index is 770. The first kappa shape index (κ1) is 14.4. The summed E-state index contributed by atoms with van der Waals surface area (Å²) >= 11 is 5.75. The number of benzene rings is 1. The van der Waals surface area contributed by atoms with Crippen molar-refractivity contribution in [2.75, 3.05) is 5.32 Å². The van der Waals surface area contributed by atoms with Gasteiger partial charge in [0.1, 0.15) is 6.07 Å². The summed E-state index contributed by atoms with van der Waals surface area (Å²) in [5.41, 5.74) is -0.461. The van der Waals surface area contributed by atoms with Crippen molar-refractivity contribution >= 4 is 29.2 Å². The van der Waals surface area contributed by atoms with Crippen LogP contribution < -0.4 is 5.32 Å². The molecule has 2 rings (SSSR count). The summed E-state index contributed by atoms with van der Waals surface area (Å²) in [5.74, 6) is -2.15. The number of hydrogen-bond acceptors (Lipinski definition) is 5. The Labute approximate surface area is 123 Å². The van der Waals surface area contributed by atoms with E-state index in [1.54, 1.807) is 0 Å².